The number of nitrogens with one attached hydrogen (secondary N) is 2. The van der Waals surface area contributed by atoms with Gasteiger partial charge in [0.2, 0.25) is 11.8 Å². The molecule has 3 aromatic rings. The van der Waals surface area contributed by atoms with E-state index in [4.69, 9.17) is 9.15 Å². The van der Waals surface area contributed by atoms with Gasteiger partial charge < -0.3 is 19.8 Å². The molecule has 2 amide bonds. The van der Waals surface area contributed by atoms with Gasteiger partial charge >= 0.3 is 0 Å². The topological polar surface area (TPSA) is 80.6 Å². The van der Waals surface area contributed by atoms with Crippen LogP contribution in [0.5, 0.6) is 11.5 Å². The summed E-state index contributed by atoms with van der Waals surface area (Å²) in [7, 11) is 0. The van der Waals surface area contributed by atoms with E-state index in [1.165, 1.54) is 12.3 Å². The molecule has 28 heavy (non-hydrogen) atoms. The molecule has 6 heteroatoms. The molecule has 6 nitrogen and oxygen atoms in total. The standard InChI is InChI=1S/C22H20N2O4/c25-21(13-12-18-7-4-16-27-18)23-15-14-22(26)24-17-8-10-20(11-9-17)28-19-5-2-1-3-6-19/h1-13,16H,14-15H2,(H,23,25)(H,24,26)/b13-12+. The maximum Gasteiger partial charge on any atom is 0.244 e. The first kappa shape index (κ1) is 19.0. The zero-order valence-electron chi connectivity index (χ0n) is 15.1. The lowest BCUT2D eigenvalue weighted by molar-refractivity contribution is -0.117. The van der Waals surface area contributed by atoms with E-state index in [2.05, 4.69) is 10.6 Å². The van der Waals surface area contributed by atoms with Crippen LogP contribution in [-0.2, 0) is 9.59 Å². The van der Waals surface area contributed by atoms with Gasteiger partial charge in [0.25, 0.3) is 0 Å². The Hall–Kier alpha value is -3.80. The van der Waals surface area contributed by atoms with E-state index < -0.39 is 0 Å². The van der Waals surface area contributed by atoms with Gasteiger partial charge in [-0.05, 0) is 54.6 Å². The van der Waals surface area contributed by atoms with Crippen molar-refractivity contribution in [3.05, 3.63) is 84.8 Å². The monoisotopic (exact) mass is 376 g/mol. The molecule has 2 N–H and O–H groups in total. The van der Waals surface area contributed by atoms with Crippen LogP contribution in [0.15, 0.2) is 83.5 Å². The predicted molar refractivity (Wildman–Crippen MR) is 107 cm³/mol. The van der Waals surface area contributed by atoms with E-state index in [9.17, 15) is 9.59 Å². The molecular weight excluding hydrogens is 356 g/mol. The van der Waals surface area contributed by atoms with Crippen LogP contribution < -0.4 is 15.4 Å². The number of ether oxygens (including phenoxy) is 1. The van der Waals surface area contributed by atoms with Crippen LogP contribution >= 0.6 is 0 Å². The normalized spacial score (nSPS) is 10.6. The number of para-hydroxylation sites is 1. The van der Waals surface area contributed by atoms with Gasteiger partial charge in [-0.3, -0.25) is 9.59 Å². The second kappa shape index (κ2) is 9.78. The van der Waals surface area contributed by atoms with E-state index in [0.29, 0.717) is 17.2 Å². The van der Waals surface area contributed by atoms with Crippen LogP contribution in [-0.4, -0.2) is 18.4 Å². The third-order valence-electron chi connectivity index (χ3n) is 3.71. The average molecular weight is 376 g/mol. The van der Waals surface area contributed by atoms with Crippen molar-refractivity contribution in [2.75, 3.05) is 11.9 Å². The molecule has 0 aliphatic carbocycles. The van der Waals surface area contributed by atoms with E-state index in [1.807, 2.05) is 30.3 Å². The molecule has 0 saturated carbocycles. The summed E-state index contributed by atoms with van der Waals surface area (Å²) in [6.45, 7) is 0.238. The van der Waals surface area contributed by atoms with E-state index >= 15 is 0 Å². The summed E-state index contributed by atoms with van der Waals surface area (Å²) in [6, 6.07) is 20.0. The Balaban J connectivity index is 1.39. The quantitative estimate of drug-likeness (QED) is 0.577. The van der Waals surface area contributed by atoms with Crippen molar-refractivity contribution < 1.29 is 18.7 Å². The van der Waals surface area contributed by atoms with Gasteiger partial charge in [0, 0.05) is 24.7 Å². The lowest BCUT2D eigenvalue weighted by Crippen LogP contribution is -2.26. The molecule has 0 atom stereocenters. The molecular formula is C22H20N2O4. The fourth-order valence-electron chi connectivity index (χ4n) is 2.36. The number of hydrogen-bond acceptors (Lipinski definition) is 4. The molecule has 0 radical (unpaired) electrons. The number of anilines is 1. The van der Waals surface area contributed by atoms with Gasteiger partial charge in [-0.1, -0.05) is 18.2 Å². The van der Waals surface area contributed by atoms with Gasteiger partial charge in [0.15, 0.2) is 0 Å². The Morgan fingerprint density at radius 2 is 1.68 bits per heavy atom. The largest absolute Gasteiger partial charge is 0.465 e. The molecule has 0 saturated heterocycles. The van der Waals surface area contributed by atoms with Crippen molar-refractivity contribution in [1.82, 2.24) is 5.32 Å². The summed E-state index contributed by atoms with van der Waals surface area (Å²) in [6.07, 6.45) is 4.63. The van der Waals surface area contributed by atoms with Gasteiger partial charge in [-0.2, -0.15) is 0 Å². The molecule has 3 rings (SSSR count). The van der Waals surface area contributed by atoms with Crippen molar-refractivity contribution in [1.29, 1.82) is 0 Å². The Kier molecular flexibility index (Phi) is 6.62. The molecule has 0 fully saturated rings. The summed E-state index contributed by atoms with van der Waals surface area (Å²) in [5, 5.41) is 5.43. The maximum atomic E-state index is 12.0. The number of carbonyl (C=O) groups excluding carboxylic acids is 2. The first-order valence-corrected chi connectivity index (χ1v) is 8.81. The SMILES string of the molecule is O=C(/C=C/c1ccco1)NCCC(=O)Nc1ccc(Oc2ccccc2)cc1. The fraction of sp³-hybridized carbons (Fsp3) is 0.0909. The Bertz CT molecular complexity index is 917. The highest BCUT2D eigenvalue weighted by Gasteiger charge is 2.04. The fourth-order valence-corrected chi connectivity index (χ4v) is 2.36. The van der Waals surface area contributed by atoms with Crippen molar-refractivity contribution in [3.63, 3.8) is 0 Å². The van der Waals surface area contributed by atoms with Gasteiger partial charge in [-0.25, -0.2) is 0 Å². The van der Waals surface area contributed by atoms with Crippen molar-refractivity contribution in [3.8, 4) is 11.5 Å². The summed E-state index contributed by atoms with van der Waals surface area (Å²) in [5.41, 5.74) is 0.662. The molecule has 1 heterocycles. The van der Waals surface area contributed by atoms with Gasteiger partial charge in [0.1, 0.15) is 17.3 Å². The Morgan fingerprint density at radius 1 is 0.929 bits per heavy atom. The van der Waals surface area contributed by atoms with Gasteiger partial charge in [0.05, 0.1) is 6.26 Å². The van der Waals surface area contributed by atoms with Crippen LogP contribution in [0.25, 0.3) is 6.08 Å². The zero-order valence-corrected chi connectivity index (χ0v) is 15.1. The van der Waals surface area contributed by atoms with Crippen molar-refractivity contribution in [2.45, 2.75) is 6.42 Å². The first-order valence-electron chi connectivity index (χ1n) is 8.81. The first-order chi connectivity index (χ1) is 13.7. The van der Waals surface area contributed by atoms with E-state index in [1.54, 1.807) is 42.5 Å². The summed E-state index contributed by atoms with van der Waals surface area (Å²) < 4.78 is 10.8. The lowest BCUT2D eigenvalue weighted by Gasteiger charge is -2.08. The minimum atomic E-state index is -0.286. The summed E-state index contributed by atoms with van der Waals surface area (Å²) >= 11 is 0. The Morgan fingerprint density at radius 3 is 2.39 bits per heavy atom. The number of hydrogen-bond donors (Lipinski definition) is 2. The van der Waals surface area contributed by atoms with Crippen LogP contribution in [0, 0.1) is 0 Å². The van der Waals surface area contributed by atoms with Crippen LogP contribution in [0.1, 0.15) is 12.2 Å². The highest BCUT2D eigenvalue weighted by molar-refractivity contribution is 5.93. The number of furan rings is 1. The minimum absolute atomic E-state index is 0.169. The number of amides is 2. The average Bonchev–Trinajstić information content (AvgIpc) is 3.22. The number of benzene rings is 2. The Labute approximate surface area is 162 Å². The minimum Gasteiger partial charge on any atom is -0.465 e. The second-order valence-electron chi connectivity index (χ2n) is 5.88. The van der Waals surface area contributed by atoms with E-state index in [0.717, 1.165) is 5.75 Å². The summed E-state index contributed by atoms with van der Waals surface area (Å²) in [5.74, 6) is 1.54. The highest BCUT2D eigenvalue weighted by Crippen LogP contribution is 2.22. The predicted octanol–water partition coefficient (Wildman–Crippen LogP) is 4.23. The van der Waals surface area contributed by atoms with Crippen LogP contribution in [0.4, 0.5) is 5.69 Å². The highest BCUT2D eigenvalue weighted by atomic mass is 16.5. The van der Waals surface area contributed by atoms with Crippen molar-refractivity contribution in [2.24, 2.45) is 0 Å². The molecule has 0 aliphatic rings. The molecule has 0 bridgehead atoms. The molecule has 0 unspecified atom stereocenters. The second-order valence-corrected chi connectivity index (χ2v) is 5.88. The number of rotatable bonds is 8. The maximum absolute atomic E-state index is 12.0. The molecule has 0 spiro atoms. The molecule has 0 aliphatic heterocycles. The molecule has 2 aromatic carbocycles. The van der Waals surface area contributed by atoms with Crippen LogP contribution in [0.3, 0.4) is 0 Å². The smallest absolute Gasteiger partial charge is 0.244 e. The zero-order chi connectivity index (χ0) is 19.6. The molecule has 142 valence electrons. The lowest BCUT2D eigenvalue weighted by atomic mass is 10.3. The van der Waals surface area contributed by atoms with Crippen LogP contribution in [0.2, 0.25) is 0 Å². The third-order valence-corrected chi connectivity index (χ3v) is 3.71. The van der Waals surface area contributed by atoms with Gasteiger partial charge in [-0.15, -0.1) is 0 Å². The summed E-state index contributed by atoms with van der Waals surface area (Å²) in [4.78, 5) is 23.7. The number of carbonyl (C=O) groups is 2. The third kappa shape index (κ3) is 6.17. The van der Waals surface area contributed by atoms with Crippen molar-refractivity contribution >= 4 is 23.6 Å². The van der Waals surface area contributed by atoms with E-state index in [-0.39, 0.29) is 24.8 Å². The molecule has 1 aromatic heterocycles.